The largest absolute Gasteiger partial charge is 0.491 e. The van der Waals surface area contributed by atoms with E-state index in [1.807, 2.05) is 0 Å². The van der Waals surface area contributed by atoms with Gasteiger partial charge in [-0.1, -0.05) is 48.5 Å². The molecule has 10 heteroatoms. The molecular formula is C36H34F4N2O4. The molecule has 0 aliphatic carbocycles. The Morgan fingerprint density at radius 2 is 1.63 bits per heavy atom. The minimum Gasteiger partial charge on any atom is -0.491 e. The van der Waals surface area contributed by atoms with Gasteiger partial charge in [-0.3, -0.25) is 14.5 Å². The van der Waals surface area contributed by atoms with Crippen molar-refractivity contribution in [2.24, 2.45) is 5.92 Å². The van der Waals surface area contributed by atoms with Crippen LogP contribution >= 0.6 is 0 Å². The third-order valence-electron chi connectivity index (χ3n) is 7.97. The summed E-state index contributed by atoms with van der Waals surface area (Å²) in [6.45, 7) is 6.18. The van der Waals surface area contributed by atoms with E-state index in [1.54, 1.807) is 75.4 Å². The first kappa shape index (κ1) is 32.7. The molecule has 0 radical (unpaired) electrons. The Bertz CT molecular complexity index is 1740. The lowest BCUT2D eigenvalue weighted by molar-refractivity contribution is -0.138. The number of rotatable bonds is 7. The van der Waals surface area contributed by atoms with Crippen LogP contribution < -0.4 is 15.0 Å². The first-order chi connectivity index (χ1) is 21.6. The number of amides is 2. The van der Waals surface area contributed by atoms with Gasteiger partial charge >= 0.3 is 6.18 Å². The second kappa shape index (κ2) is 12.6. The molecule has 240 valence electrons. The number of hydrogen-bond donors (Lipinski definition) is 2. The van der Waals surface area contributed by atoms with E-state index in [9.17, 15) is 27.9 Å². The summed E-state index contributed by atoms with van der Waals surface area (Å²) in [7, 11) is 0. The molecule has 1 aliphatic heterocycles. The summed E-state index contributed by atoms with van der Waals surface area (Å²) in [5.74, 6) is -2.54. The highest BCUT2D eigenvalue weighted by molar-refractivity contribution is 6.09. The molecule has 0 bridgehead atoms. The minimum atomic E-state index is -4.62. The number of aryl methyl sites for hydroxylation is 2. The maximum atomic E-state index is 15.2. The number of anilines is 2. The first-order valence-corrected chi connectivity index (χ1v) is 14.7. The molecular weight excluding hydrogens is 600 g/mol. The molecule has 0 fully saturated rings. The van der Waals surface area contributed by atoms with Crippen LogP contribution in [0.3, 0.4) is 0 Å². The number of carbonyl (C=O) groups is 2. The molecule has 2 atom stereocenters. The second-order valence-electron chi connectivity index (χ2n) is 12.2. The number of nitrogens with zero attached hydrogens (tertiary/aromatic N) is 1. The number of carbonyl (C=O) groups excluding carboxylic acids is 2. The molecule has 46 heavy (non-hydrogen) atoms. The highest BCUT2D eigenvalue weighted by Crippen LogP contribution is 2.44. The van der Waals surface area contributed by atoms with Gasteiger partial charge in [0.15, 0.2) is 0 Å². The van der Waals surface area contributed by atoms with Crippen LogP contribution in [0.15, 0.2) is 84.9 Å². The van der Waals surface area contributed by atoms with Crippen LogP contribution in [-0.4, -0.2) is 29.1 Å². The molecule has 0 saturated carbocycles. The zero-order valence-electron chi connectivity index (χ0n) is 25.8. The Morgan fingerprint density at radius 1 is 0.935 bits per heavy atom. The number of fused-ring (bicyclic) bond motifs is 1. The average Bonchev–Trinajstić information content (AvgIpc) is 2.99. The number of halogens is 4. The minimum absolute atomic E-state index is 0.0129. The third kappa shape index (κ3) is 6.92. The van der Waals surface area contributed by atoms with Crippen molar-refractivity contribution in [3.8, 4) is 5.75 Å². The van der Waals surface area contributed by atoms with Gasteiger partial charge in [0.05, 0.1) is 28.7 Å². The summed E-state index contributed by atoms with van der Waals surface area (Å²) in [5.41, 5.74) is -0.0798. The van der Waals surface area contributed by atoms with E-state index in [4.69, 9.17) is 4.74 Å². The van der Waals surface area contributed by atoms with Crippen molar-refractivity contribution >= 4 is 23.2 Å². The van der Waals surface area contributed by atoms with Crippen LogP contribution in [0.25, 0.3) is 0 Å². The van der Waals surface area contributed by atoms with E-state index in [-0.39, 0.29) is 29.8 Å². The molecule has 5 rings (SSSR count). The van der Waals surface area contributed by atoms with Gasteiger partial charge in [0.25, 0.3) is 5.91 Å². The molecule has 0 aromatic heterocycles. The lowest BCUT2D eigenvalue weighted by atomic mass is 9.80. The Hall–Kier alpha value is -4.70. The maximum Gasteiger partial charge on any atom is 0.416 e. The molecule has 0 saturated heterocycles. The van der Waals surface area contributed by atoms with E-state index in [0.29, 0.717) is 28.1 Å². The molecule has 0 spiro atoms. The number of benzene rings is 4. The Morgan fingerprint density at radius 3 is 2.28 bits per heavy atom. The summed E-state index contributed by atoms with van der Waals surface area (Å²) in [6.07, 6.45) is -4.46. The second-order valence-corrected chi connectivity index (χ2v) is 12.2. The van der Waals surface area contributed by atoms with E-state index in [1.165, 1.54) is 36.1 Å². The van der Waals surface area contributed by atoms with Gasteiger partial charge in [0.1, 0.15) is 18.2 Å². The monoisotopic (exact) mass is 634 g/mol. The number of ether oxygens (including phenoxy) is 1. The van der Waals surface area contributed by atoms with Gasteiger partial charge < -0.3 is 15.2 Å². The van der Waals surface area contributed by atoms with Crippen molar-refractivity contribution in [3.63, 3.8) is 0 Å². The maximum absolute atomic E-state index is 15.2. The first-order valence-electron chi connectivity index (χ1n) is 14.7. The summed E-state index contributed by atoms with van der Waals surface area (Å²) < 4.78 is 62.0. The van der Waals surface area contributed by atoms with Crippen LogP contribution in [0, 0.1) is 25.6 Å². The van der Waals surface area contributed by atoms with E-state index in [0.717, 1.165) is 6.07 Å². The van der Waals surface area contributed by atoms with Gasteiger partial charge in [0, 0.05) is 11.4 Å². The van der Waals surface area contributed by atoms with Crippen LogP contribution in [0.4, 0.5) is 28.9 Å². The number of hydrogen-bond acceptors (Lipinski definition) is 4. The van der Waals surface area contributed by atoms with Gasteiger partial charge in [-0.15, -0.1) is 0 Å². The number of aliphatic hydroxyl groups is 1. The number of para-hydroxylation sites is 1. The molecule has 0 unspecified atom stereocenters. The SMILES string of the molecule is Cc1ccc(NC(=O)[C@H]2Cc3ccccc3N(C(=O)c3c(C)cccc3F)[C@H]2c2ccc(OCC(C)(C)O)cc2)cc1C(F)(F)F. The summed E-state index contributed by atoms with van der Waals surface area (Å²) in [4.78, 5) is 29.8. The lowest BCUT2D eigenvalue weighted by Crippen LogP contribution is -2.47. The Balaban J connectivity index is 1.62. The summed E-state index contributed by atoms with van der Waals surface area (Å²) >= 11 is 0. The Kier molecular flexibility index (Phi) is 8.95. The molecule has 1 heterocycles. The molecule has 4 aromatic rings. The van der Waals surface area contributed by atoms with E-state index >= 15 is 4.39 Å². The van der Waals surface area contributed by atoms with Gasteiger partial charge in [-0.2, -0.15) is 13.2 Å². The fourth-order valence-electron chi connectivity index (χ4n) is 5.73. The van der Waals surface area contributed by atoms with Crippen LogP contribution in [-0.2, 0) is 17.4 Å². The van der Waals surface area contributed by atoms with Gasteiger partial charge in [0.2, 0.25) is 5.91 Å². The quantitative estimate of drug-likeness (QED) is 0.203. The van der Waals surface area contributed by atoms with Crippen LogP contribution in [0.1, 0.15) is 58.1 Å². The fraction of sp³-hybridized carbons (Fsp3) is 0.278. The van der Waals surface area contributed by atoms with Crippen molar-refractivity contribution in [1.82, 2.24) is 0 Å². The fourth-order valence-corrected chi connectivity index (χ4v) is 5.73. The van der Waals surface area contributed by atoms with Crippen molar-refractivity contribution in [3.05, 3.63) is 124 Å². The normalized spacial score (nSPS) is 16.5. The third-order valence-corrected chi connectivity index (χ3v) is 7.97. The van der Waals surface area contributed by atoms with Crippen molar-refractivity contribution in [2.75, 3.05) is 16.8 Å². The van der Waals surface area contributed by atoms with Gasteiger partial charge in [-0.25, -0.2) is 4.39 Å². The zero-order valence-corrected chi connectivity index (χ0v) is 25.8. The van der Waals surface area contributed by atoms with E-state index < -0.39 is 46.9 Å². The average molecular weight is 635 g/mol. The summed E-state index contributed by atoms with van der Waals surface area (Å²) in [6, 6.07) is 20.5. The van der Waals surface area contributed by atoms with Crippen LogP contribution in [0.5, 0.6) is 5.75 Å². The predicted molar refractivity (Wildman–Crippen MR) is 167 cm³/mol. The molecule has 4 aromatic carbocycles. The Labute approximate surface area is 264 Å². The highest BCUT2D eigenvalue weighted by Gasteiger charge is 2.43. The molecule has 1 aliphatic rings. The van der Waals surface area contributed by atoms with Gasteiger partial charge in [-0.05, 0) is 92.8 Å². The zero-order chi connectivity index (χ0) is 33.4. The number of alkyl halides is 3. The molecule has 6 nitrogen and oxygen atoms in total. The van der Waals surface area contributed by atoms with Crippen molar-refractivity contribution < 1.29 is 37.0 Å². The van der Waals surface area contributed by atoms with Crippen molar-refractivity contribution in [2.45, 2.75) is 51.9 Å². The van der Waals surface area contributed by atoms with E-state index in [2.05, 4.69) is 5.32 Å². The predicted octanol–water partition coefficient (Wildman–Crippen LogP) is 7.81. The smallest absolute Gasteiger partial charge is 0.416 e. The lowest BCUT2D eigenvalue weighted by Gasteiger charge is -2.42. The topological polar surface area (TPSA) is 78.9 Å². The molecule has 2 amide bonds. The highest BCUT2D eigenvalue weighted by atomic mass is 19.4. The standard InChI is InChI=1S/C36H34F4N2O4/c1-21-12-15-25(19-28(21)36(38,39)40)41-33(43)27-18-24-9-5-6-11-30(24)42(34(44)31-22(2)8-7-10-29(31)37)32(27)23-13-16-26(17-14-23)46-20-35(3,4)45/h5-17,19,27,32,45H,18,20H2,1-4H3,(H,41,43)/t27-,32-/m0/s1. The number of nitrogens with one attached hydrogen (secondary N) is 1. The van der Waals surface area contributed by atoms with Crippen LogP contribution in [0.2, 0.25) is 0 Å². The molecule has 2 N–H and O–H groups in total. The summed E-state index contributed by atoms with van der Waals surface area (Å²) in [5, 5.41) is 12.7. The van der Waals surface area contributed by atoms with Crippen molar-refractivity contribution in [1.29, 1.82) is 0 Å².